The number of aliphatic hydroxyl groups is 2. The summed E-state index contributed by atoms with van der Waals surface area (Å²) < 4.78 is 0. The van der Waals surface area contributed by atoms with E-state index < -0.39 is 24.0 Å². The Morgan fingerprint density at radius 1 is 1.33 bits per heavy atom. The van der Waals surface area contributed by atoms with Crippen molar-refractivity contribution < 1.29 is 19.8 Å². The van der Waals surface area contributed by atoms with Crippen LogP contribution in [0, 0.1) is 0 Å². The molecule has 0 aliphatic carbocycles. The first-order chi connectivity index (χ1) is 5.50. The fourth-order valence-electron chi connectivity index (χ4n) is 0.504. The third-order valence-corrected chi connectivity index (χ3v) is 1.14. The maximum Gasteiger partial charge on any atom is 0.253 e. The zero-order valence-electron chi connectivity index (χ0n) is 6.23. The van der Waals surface area contributed by atoms with Crippen LogP contribution in [0.4, 0.5) is 0 Å². The van der Waals surface area contributed by atoms with Gasteiger partial charge in [0.1, 0.15) is 0 Å². The summed E-state index contributed by atoms with van der Waals surface area (Å²) in [6.45, 7) is -0.193. The lowest BCUT2D eigenvalue weighted by Crippen LogP contribution is -2.49. The predicted molar refractivity (Wildman–Crippen MR) is 38.4 cm³/mol. The molecule has 0 aromatic carbocycles. The Kier molecular flexibility index (Phi) is 4.19. The third-order valence-electron chi connectivity index (χ3n) is 1.14. The van der Waals surface area contributed by atoms with Crippen molar-refractivity contribution in [1.29, 1.82) is 0 Å². The second-order valence-corrected chi connectivity index (χ2v) is 2.04. The van der Waals surface area contributed by atoms with E-state index in [1.54, 1.807) is 0 Å². The van der Waals surface area contributed by atoms with E-state index in [1.807, 2.05) is 5.32 Å². The van der Waals surface area contributed by atoms with Gasteiger partial charge in [-0.15, -0.1) is 0 Å². The molecule has 7 N–H and O–H groups in total. The molecule has 0 rings (SSSR count). The van der Waals surface area contributed by atoms with E-state index in [2.05, 4.69) is 5.73 Å². The maximum atomic E-state index is 10.7. The molecule has 7 nitrogen and oxygen atoms in total. The van der Waals surface area contributed by atoms with E-state index in [0.717, 1.165) is 0 Å². The number of primary amides is 1. The Morgan fingerprint density at radius 3 is 2.17 bits per heavy atom. The molecule has 0 saturated heterocycles. The van der Waals surface area contributed by atoms with Crippen LogP contribution in [0.2, 0.25) is 0 Å². The van der Waals surface area contributed by atoms with Crippen molar-refractivity contribution in [2.75, 3.05) is 6.67 Å². The summed E-state index contributed by atoms with van der Waals surface area (Å²) in [6, 6.07) is 0. The molecule has 0 aliphatic rings. The van der Waals surface area contributed by atoms with Crippen LogP contribution < -0.4 is 16.8 Å². The first kappa shape index (κ1) is 10.8. The number of nitrogens with one attached hydrogen (secondary N) is 1. The Balaban J connectivity index is 4.09. The summed E-state index contributed by atoms with van der Waals surface area (Å²) in [6.07, 6.45) is -3.78. The van der Waals surface area contributed by atoms with Crippen molar-refractivity contribution in [3.8, 4) is 0 Å². The average Bonchev–Trinajstić information content (AvgIpc) is 2.02. The molecule has 0 spiro atoms. The molecule has 0 aliphatic heterocycles. The SMILES string of the molecule is NCNC(=O)C(O)C(O)C(N)=O. The van der Waals surface area contributed by atoms with E-state index in [-0.39, 0.29) is 6.67 Å². The number of carbonyl (C=O) groups excluding carboxylic acids is 2. The summed E-state index contributed by atoms with van der Waals surface area (Å²) in [5.74, 6) is -2.11. The van der Waals surface area contributed by atoms with E-state index in [1.165, 1.54) is 0 Å². The van der Waals surface area contributed by atoms with Gasteiger partial charge in [0.25, 0.3) is 5.91 Å². The van der Waals surface area contributed by atoms with Crippen LogP contribution in [-0.2, 0) is 9.59 Å². The Labute approximate surface area is 68.3 Å². The molecule has 0 bridgehead atoms. The monoisotopic (exact) mass is 177 g/mol. The molecular weight excluding hydrogens is 166 g/mol. The van der Waals surface area contributed by atoms with Crippen molar-refractivity contribution >= 4 is 11.8 Å². The second kappa shape index (κ2) is 4.65. The van der Waals surface area contributed by atoms with Crippen LogP contribution in [0.1, 0.15) is 0 Å². The number of hydrogen-bond donors (Lipinski definition) is 5. The van der Waals surface area contributed by atoms with E-state index in [4.69, 9.17) is 15.9 Å². The van der Waals surface area contributed by atoms with Crippen LogP contribution in [0.5, 0.6) is 0 Å². The zero-order chi connectivity index (χ0) is 9.72. The summed E-state index contributed by atoms with van der Waals surface area (Å²) >= 11 is 0. The highest BCUT2D eigenvalue weighted by molar-refractivity contribution is 5.89. The van der Waals surface area contributed by atoms with Crippen LogP contribution in [0.3, 0.4) is 0 Å². The predicted octanol–water partition coefficient (Wildman–Crippen LogP) is -3.77. The lowest BCUT2D eigenvalue weighted by Gasteiger charge is -2.13. The van der Waals surface area contributed by atoms with E-state index in [9.17, 15) is 9.59 Å². The normalized spacial score (nSPS) is 14.9. The van der Waals surface area contributed by atoms with Crippen LogP contribution in [-0.4, -0.2) is 40.9 Å². The molecule has 0 aromatic rings. The van der Waals surface area contributed by atoms with Gasteiger partial charge < -0.3 is 27.0 Å². The van der Waals surface area contributed by atoms with E-state index >= 15 is 0 Å². The Bertz CT molecular complexity index is 184. The lowest BCUT2D eigenvalue weighted by atomic mass is 10.2. The standard InChI is InChI=1S/C5H11N3O4/c6-1-8-5(12)3(10)2(9)4(7)11/h2-3,9-10H,1,6H2,(H2,7,11)(H,8,12). The average molecular weight is 177 g/mol. The number of nitrogens with two attached hydrogens (primary N) is 2. The van der Waals surface area contributed by atoms with Crippen LogP contribution in [0.15, 0.2) is 0 Å². The van der Waals surface area contributed by atoms with Gasteiger partial charge in [-0.05, 0) is 0 Å². The minimum atomic E-state index is -1.91. The number of aliphatic hydroxyl groups excluding tert-OH is 2. The Hall–Kier alpha value is -1.18. The quantitative estimate of drug-likeness (QED) is 0.280. The van der Waals surface area contributed by atoms with Crippen molar-refractivity contribution in [3.63, 3.8) is 0 Å². The minimum absolute atomic E-state index is 0.193. The molecule has 70 valence electrons. The van der Waals surface area contributed by atoms with Crippen molar-refractivity contribution in [2.24, 2.45) is 11.5 Å². The van der Waals surface area contributed by atoms with Crippen LogP contribution in [0.25, 0.3) is 0 Å². The van der Waals surface area contributed by atoms with E-state index in [0.29, 0.717) is 0 Å². The number of rotatable bonds is 4. The fourth-order valence-corrected chi connectivity index (χ4v) is 0.504. The largest absolute Gasteiger partial charge is 0.380 e. The van der Waals surface area contributed by atoms with Gasteiger partial charge in [-0.3, -0.25) is 9.59 Å². The van der Waals surface area contributed by atoms with Gasteiger partial charge in [-0.1, -0.05) is 0 Å². The molecule has 0 aromatic heterocycles. The minimum Gasteiger partial charge on any atom is -0.380 e. The summed E-state index contributed by atoms with van der Waals surface area (Å²) in [5, 5.41) is 19.6. The second-order valence-electron chi connectivity index (χ2n) is 2.04. The highest BCUT2D eigenvalue weighted by Crippen LogP contribution is 1.91. The summed E-state index contributed by atoms with van der Waals surface area (Å²) in [4.78, 5) is 20.9. The molecule has 12 heavy (non-hydrogen) atoms. The fraction of sp³-hybridized carbons (Fsp3) is 0.600. The lowest BCUT2D eigenvalue weighted by molar-refractivity contribution is -0.144. The first-order valence-electron chi connectivity index (χ1n) is 3.14. The molecule has 2 unspecified atom stereocenters. The van der Waals surface area contributed by atoms with Gasteiger partial charge in [0, 0.05) is 0 Å². The molecular formula is C5H11N3O4. The molecule has 2 amide bonds. The highest BCUT2D eigenvalue weighted by atomic mass is 16.3. The molecule has 2 atom stereocenters. The maximum absolute atomic E-state index is 10.7. The van der Waals surface area contributed by atoms with Gasteiger partial charge in [-0.25, -0.2) is 0 Å². The van der Waals surface area contributed by atoms with Crippen molar-refractivity contribution in [1.82, 2.24) is 5.32 Å². The smallest absolute Gasteiger partial charge is 0.253 e. The molecule has 7 heteroatoms. The van der Waals surface area contributed by atoms with Gasteiger partial charge in [-0.2, -0.15) is 0 Å². The first-order valence-corrected chi connectivity index (χ1v) is 3.14. The molecule has 0 heterocycles. The van der Waals surface area contributed by atoms with Gasteiger partial charge >= 0.3 is 0 Å². The van der Waals surface area contributed by atoms with Gasteiger partial charge in [0.15, 0.2) is 12.2 Å². The number of amides is 2. The summed E-state index contributed by atoms with van der Waals surface area (Å²) in [7, 11) is 0. The number of hydrogen-bond acceptors (Lipinski definition) is 5. The topological polar surface area (TPSA) is 139 Å². The molecule has 0 saturated carbocycles. The van der Waals surface area contributed by atoms with Crippen molar-refractivity contribution in [3.05, 3.63) is 0 Å². The summed E-state index contributed by atoms with van der Waals surface area (Å²) in [5.41, 5.74) is 9.51. The third kappa shape index (κ3) is 2.82. The Morgan fingerprint density at radius 2 is 1.83 bits per heavy atom. The molecule has 0 radical (unpaired) electrons. The van der Waals surface area contributed by atoms with Gasteiger partial charge in [0.2, 0.25) is 5.91 Å². The van der Waals surface area contributed by atoms with Gasteiger partial charge in [0.05, 0.1) is 6.67 Å². The van der Waals surface area contributed by atoms with Crippen molar-refractivity contribution in [2.45, 2.75) is 12.2 Å². The highest BCUT2D eigenvalue weighted by Gasteiger charge is 2.27. The number of carbonyl (C=O) groups is 2. The zero-order valence-corrected chi connectivity index (χ0v) is 6.23. The van der Waals surface area contributed by atoms with Crippen LogP contribution >= 0.6 is 0 Å². The molecule has 0 fully saturated rings.